The number of sulfonamides is 1. The molecule has 0 unspecified atom stereocenters. The van der Waals surface area contributed by atoms with Gasteiger partial charge in [-0.1, -0.05) is 94.9 Å². The van der Waals surface area contributed by atoms with Gasteiger partial charge in [0.15, 0.2) is 11.0 Å². The molecule has 5 aromatic rings. The zero-order valence-electron chi connectivity index (χ0n) is 25.4. The van der Waals surface area contributed by atoms with E-state index in [0.717, 1.165) is 52.8 Å². The molecule has 2 saturated carbocycles. The largest absolute Gasteiger partial charge is 0.439 e. The van der Waals surface area contributed by atoms with E-state index in [0.29, 0.717) is 34.6 Å². The molecule has 0 radical (unpaired) electrons. The number of carbonyl (C=O) groups excluding carboxylic acids is 1. The Hall–Kier alpha value is -4.55. The monoisotopic (exact) mass is 655 g/mol. The van der Waals surface area contributed by atoms with Crippen LogP contribution >= 0.6 is 11.3 Å². The SMILES string of the molecule is Cc1ccc(-c2noc(=O)[nH]2)c(-c2ccc([C@@H](C)N(CC3CC3)c3nc(C(=O)NS(=O)(=O)C4CC4)c(-c4ccccc4)s3)cc2)c1. The number of amides is 1. The summed E-state index contributed by atoms with van der Waals surface area (Å²) in [7, 11) is -3.74. The molecule has 2 heterocycles. The maximum absolute atomic E-state index is 13.4. The van der Waals surface area contributed by atoms with E-state index < -0.39 is 26.9 Å². The fraction of sp³-hybridized carbons (Fsp3) is 0.294. The van der Waals surface area contributed by atoms with Crippen LogP contribution in [0.5, 0.6) is 0 Å². The second kappa shape index (κ2) is 12.0. The van der Waals surface area contributed by atoms with E-state index >= 15 is 0 Å². The van der Waals surface area contributed by atoms with E-state index in [2.05, 4.69) is 57.0 Å². The normalized spacial score (nSPS) is 15.4. The Labute approximate surface area is 270 Å². The van der Waals surface area contributed by atoms with Crippen LogP contribution in [0.1, 0.15) is 60.3 Å². The number of benzene rings is 3. The number of aromatic nitrogens is 3. The standard InChI is InChI=1S/C34H33N5O5S2/c1-20-8-17-27(31-36-34(41)44-37-31)28(18-20)24-13-11-23(12-14-24)21(2)39(19-22-9-10-22)33-35-29(30(45-33)25-6-4-3-5-7-25)32(40)38-46(42,43)26-15-16-26/h3-8,11-14,17-18,21-22,26H,9-10,15-16,19H2,1-2H3,(H,38,40)(H,36,37,41)/t21-/m1/s1. The summed E-state index contributed by atoms with van der Waals surface area (Å²) in [6.07, 6.45) is 3.39. The molecule has 46 heavy (non-hydrogen) atoms. The summed E-state index contributed by atoms with van der Waals surface area (Å²) in [6, 6.07) is 23.6. The zero-order chi connectivity index (χ0) is 32.0. The third-order valence-electron chi connectivity index (χ3n) is 8.50. The minimum absolute atomic E-state index is 0.0839. The molecule has 236 valence electrons. The van der Waals surface area contributed by atoms with Crippen LogP contribution in [0, 0.1) is 12.8 Å². The Morgan fingerprint density at radius 1 is 1.02 bits per heavy atom. The smallest absolute Gasteiger partial charge is 0.341 e. The minimum atomic E-state index is -3.74. The lowest BCUT2D eigenvalue weighted by molar-refractivity contribution is 0.0978. The molecule has 2 aromatic heterocycles. The number of thiazole rings is 1. The van der Waals surface area contributed by atoms with Crippen molar-refractivity contribution in [3.8, 4) is 33.0 Å². The topological polar surface area (TPSA) is 138 Å². The first-order valence-electron chi connectivity index (χ1n) is 15.3. The van der Waals surface area contributed by atoms with Gasteiger partial charge >= 0.3 is 5.76 Å². The van der Waals surface area contributed by atoms with Gasteiger partial charge in [-0.15, -0.1) is 0 Å². The molecule has 0 bridgehead atoms. The predicted octanol–water partition coefficient (Wildman–Crippen LogP) is 6.33. The molecular weight excluding hydrogens is 623 g/mol. The van der Waals surface area contributed by atoms with Crippen LogP contribution in [0.2, 0.25) is 0 Å². The number of hydrogen-bond donors (Lipinski definition) is 2. The molecule has 3 aromatic carbocycles. The fourth-order valence-corrected chi connectivity index (χ4v) is 8.00. The Bertz CT molecular complexity index is 2060. The first-order valence-corrected chi connectivity index (χ1v) is 17.7. The van der Waals surface area contributed by atoms with Crippen LogP contribution < -0.4 is 15.4 Å². The summed E-state index contributed by atoms with van der Waals surface area (Å²) >= 11 is 1.41. The lowest BCUT2D eigenvalue weighted by atomic mass is 9.95. The highest BCUT2D eigenvalue weighted by Gasteiger charge is 2.38. The molecule has 0 saturated heterocycles. The first kappa shape index (κ1) is 30.1. The van der Waals surface area contributed by atoms with Gasteiger partial charge in [0.2, 0.25) is 10.0 Å². The van der Waals surface area contributed by atoms with Crippen LogP contribution in [0.15, 0.2) is 82.1 Å². The van der Waals surface area contributed by atoms with Gasteiger partial charge in [-0.05, 0) is 67.7 Å². The predicted molar refractivity (Wildman–Crippen MR) is 178 cm³/mol. The van der Waals surface area contributed by atoms with E-state index in [9.17, 15) is 18.0 Å². The maximum atomic E-state index is 13.4. The maximum Gasteiger partial charge on any atom is 0.439 e. The molecular formula is C34H33N5O5S2. The van der Waals surface area contributed by atoms with Gasteiger partial charge in [0, 0.05) is 12.1 Å². The third kappa shape index (κ3) is 6.27. The second-order valence-electron chi connectivity index (χ2n) is 12.1. The molecule has 0 spiro atoms. The third-order valence-corrected chi connectivity index (χ3v) is 11.5. The number of aryl methyl sites for hydroxylation is 1. The van der Waals surface area contributed by atoms with Crippen LogP contribution in [0.4, 0.5) is 5.13 Å². The van der Waals surface area contributed by atoms with Gasteiger partial charge in [-0.3, -0.25) is 14.3 Å². The summed E-state index contributed by atoms with van der Waals surface area (Å²) < 4.78 is 32.4. The molecule has 10 nitrogen and oxygen atoms in total. The molecule has 2 fully saturated rings. The number of carbonyl (C=O) groups is 1. The Balaban J connectivity index is 1.22. The number of H-pyrrole nitrogens is 1. The van der Waals surface area contributed by atoms with E-state index in [1.807, 2.05) is 49.4 Å². The number of nitrogens with one attached hydrogen (secondary N) is 2. The number of rotatable bonds is 11. The summed E-state index contributed by atoms with van der Waals surface area (Å²) in [4.78, 5) is 35.4. The average molecular weight is 656 g/mol. The molecule has 1 amide bonds. The minimum Gasteiger partial charge on any atom is -0.341 e. The van der Waals surface area contributed by atoms with Crippen molar-refractivity contribution in [1.82, 2.24) is 19.8 Å². The summed E-state index contributed by atoms with van der Waals surface area (Å²) in [5.74, 6) is -0.406. The van der Waals surface area contributed by atoms with Crippen molar-refractivity contribution in [3.63, 3.8) is 0 Å². The van der Waals surface area contributed by atoms with Gasteiger partial charge in [0.1, 0.15) is 5.69 Å². The van der Waals surface area contributed by atoms with E-state index in [1.54, 1.807) is 0 Å². The van der Waals surface area contributed by atoms with Gasteiger partial charge in [-0.2, -0.15) is 0 Å². The van der Waals surface area contributed by atoms with E-state index in [4.69, 9.17) is 9.51 Å². The highest BCUT2D eigenvalue weighted by Crippen LogP contribution is 2.42. The van der Waals surface area contributed by atoms with Crippen molar-refractivity contribution < 1.29 is 17.7 Å². The van der Waals surface area contributed by atoms with Crippen LogP contribution in [0.3, 0.4) is 0 Å². The zero-order valence-corrected chi connectivity index (χ0v) is 27.0. The molecule has 1 atom stereocenters. The van der Waals surface area contributed by atoms with Crippen molar-refractivity contribution in [3.05, 3.63) is 100 Å². The van der Waals surface area contributed by atoms with Crippen LogP contribution in [-0.4, -0.2) is 41.2 Å². The molecule has 2 N–H and O–H groups in total. The molecule has 2 aliphatic carbocycles. The van der Waals surface area contributed by atoms with E-state index in [1.165, 1.54) is 11.3 Å². The average Bonchev–Trinajstić information content (AvgIpc) is 3.99. The van der Waals surface area contributed by atoms with Crippen molar-refractivity contribution in [2.45, 2.75) is 50.8 Å². The Morgan fingerprint density at radius 2 is 1.76 bits per heavy atom. The molecule has 12 heteroatoms. The lowest BCUT2D eigenvalue weighted by Crippen LogP contribution is -2.34. The molecule has 2 aliphatic rings. The fourth-order valence-electron chi connectivity index (χ4n) is 5.56. The van der Waals surface area contributed by atoms with Gasteiger partial charge in [0.05, 0.1) is 16.2 Å². The quantitative estimate of drug-likeness (QED) is 0.168. The van der Waals surface area contributed by atoms with Gasteiger partial charge in [-0.25, -0.2) is 22.9 Å². The second-order valence-corrected chi connectivity index (χ2v) is 15.0. The Morgan fingerprint density at radius 3 is 2.41 bits per heavy atom. The van der Waals surface area contributed by atoms with Crippen LogP contribution in [-0.2, 0) is 10.0 Å². The van der Waals surface area contributed by atoms with Crippen LogP contribution in [0.25, 0.3) is 33.0 Å². The van der Waals surface area contributed by atoms with E-state index in [-0.39, 0.29) is 11.7 Å². The molecule has 7 rings (SSSR count). The first-order chi connectivity index (χ1) is 22.2. The van der Waals surface area contributed by atoms with Crippen molar-refractivity contribution in [2.24, 2.45) is 5.92 Å². The van der Waals surface area contributed by atoms with Gasteiger partial charge in [0.25, 0.3) is 5.91 Å². The van der Waals surface area contributed by atoms with Crippen molar-refractivity contribution in [2.75, 3.05) is 11.4 Å². The number of anilines is 1. The highest BCUT2D eigenvalue weighted by atomic mass is 32.2. The summed E-state index contributed by atoms with van der Waals surface area (Å²) in [5.41, 5.74) is 5.71. The summed E-state index contributed by atoms with van der Waals surface area (Å²) in [6.45, 7) is 4.91. The highest BCUT2D eigenvalue weighted by molar-refractivity contribution is 7.91. The Kier molecular flexibility index (Phi) is 7.85. The lowest BCUT2D eigenvalue weighted by Gasteiger charge is -2.29. The number of hydrogen-bond acceptors (Lipinski definition) is 9. The number of aromatic amines is 1. The van der Waals surface area contributed by atoms with Crippen molar-refractivity contribution in [1.29, 1.82) is 0 Å². The molecule has 0 aliphatic heterocycles. The van der Waals surface area contributed by atoms with Crippen molar-refractivity contribution >= 4 is 32.4 Å². The number of nitrogens with zero attached hydrogens (tertiary/aromatic N) is 3. The summed E-state index contributed by atoms with van der Waals surface area (Å²) in [5, 5.41) is 4.05. The van der Waals surface area contributed by atoms with Gasteiger partial charge < -0.3 is 4.90 Å².